The molecule has 0 heterocycles. The summed E-state index contributed by atoms with van der Waals surface area (Å²) in [7, 11) is -8.12. The number of ketones is 1. The summed E-state index contributed by atoms with van der Waals surface area (Å²) in [4.78, 5) is 70.2. The van der Waals surface area contributed by atoms with Crippen molar-refractivity contribution < 1.29 is 69.0 Å². The Morgan fingerprint density at radius 2 is 0.829 bits per heavy atom. The number of primary amides is 3. The summed E-state index contributed by atoms with van der Waals surface area (Å²) < 4.78 is 94.0. The number of amides is 5. The number of aryl methyl sites for hydroxylation is 2. The Bertz CT molecular complexity index is 2670. The minimum absolute atomic E-state index is 0. The first kappa shape index (κ1) is 86.6. The van der Waals surface area contributed by atoms with E-state index in [0.717, 1.165) is 11.1 Å². The largest absolute Gasteiger partial charge is 0.389 e. The van der Waals surface area contributed by atoms with Crippen LogP contribution >= 0.6 is 0 Å². The van der Waals surface area contributed by atoms with Gasteiger partial charge in [-0.25, -0.2) is 30.0 Å². The summed E-state index contributed by atoms with van der Waals surface area (Å²) in [5.41, 5.74) is 23.4. The van der Waals surface area contributed by atoms with E-state index >= 15 is 0 Å². The summed E-state index contributed by atoms with van der Waals surface area (Å²) in [5, 5.41) is 23.5. The van der Waals surface area contributed by atoms with Gasteiger partial charge in [0.1, 0.15) is 38.2 Å². The predicted octanol–water partition coefficient (Wildman–Crippen LogP) is 5.50. The average molecular weight is 1210 g/mol. The van der Waals surface area contributed by atoms with E-state index in [0.29, 0.717) is 11.1 Å². The Morgan fingerprint density at radius 3 is 1.17 bits per heavy atom. The standard InChI is InChI=1S/C22H28FN3O5S.C22H26FN3O5S.C6H13FN2O2.7CH4/c2*1-15-7-9-17(10-8-15)32(30,31)26-19(13-16-5-3-2-4-6-16)22(29)25-18(20(27)14-23)11-12-21(24)28;7-3-5(10)4(8)1-2-6(9)11;;;;;;;/h2-10,18-20,26-27H,11-14H2,1H3,(H2,24,28)(H,25,29);2-10,18-19,26H,11-14H2,1H3,(H2,24,28)(H,25,29);4-5,10H,1-3,8H2,(H2,9,11);7*1H4/t18?,19-,20?;18?,19-;;;;;;;;/m00......../s1. The van der Waals surface area contributed by atoms with Crippen molar-refractivity contribution in [3.63, 3.8) is 0 Å². The second-order valence-electron chi connectivity index (χ2n) is 17.3. The van der Waals surface area contributed by atoms with Gasteiger partial charge in [-0.2, -0.15) is 9.44 Å². The SMILES string of the molecule is C.C.C.C.C.C.C.Cc1ccc(S(=O)(=O)N[C@@H](Cc2ccccc2)C(=O)NC(CCC(N)=O)C(=O)CF)cc1.Cc1ccc(S(=O)(=O)N[C@@H](Cc2ccccc2)C(=O)NC(CCC(N)=O)C(O)CF)cc1.NC(=O)CCC(N)C(O)CF. The Balaban J connectivity index is -0.000000278. The van der Waals surface area contributed by atoms with Crippen LogP contribution in [0.4, 0.5) is 13.2 Å². The lowest BCUT2D eigenvalue weighted by Gasteiger charge is -2.25. The van der Waals surface area contributed by atoms with E-state index in [1.54, 1.807) is 84.9 Å². The van der Waals surface area contributed by atoms with E-state index in [9.17, 15) is 63.9 Å². The maximum absolute atomic E-state index is 13.1. The van der Waals surface area contributed by atoms with E-state index < -0.39 is 118 Å². The molecule has 4 rings (SSSR count). The number of carbonyl (C=O) groups is 6. The molecule has 0 radical (unpaired) electrons. The van der Waals surface area contributed by atoms with Crippen LogP contribution in [0.15, 0.2) is 119 Å². The molecule has 82 heavy (non-hydrogen) atoms. The van der Waals surface area contributed by atoms with Gasteiger partial charge in [0.05, 0.1) is 28.0 Å². The van der Waals surface area contributed by atoms with Gasteiger partial charge in [-0.05, 0) is 81.3 Å². The highest BCUT2D eigenvalue weighted by Gasteiger charge is 2.32. The van der Waals surface area contributed by atoms with Crippen LogP contribution in [-0.2, 0) is 61.7 Å². The predicted molar refractivity (Wildman–Crippen MR) is 320 cm³/mol. The first-order valence-corrected chi connectivity index (χ1v) is 26.3. The molecule has 0 aliphatic carbocycles. The van der Waals surface area contributed by atoms with E-state index in [1.165, 1.54) is 24.3 Å². The zero-order chi connectivity index (χ0) is 56.3. The first-order valence-electron chi connectivity index (χ1n) is 23.4. The second-order valence-corrected chi connectivity index (χ2v) is 20.7. The molecule has 7 atom stereocenters. The van der Waals surface area contributed by atoms with Gasteiger partial charge < -0.3 is 43.8 Å². The van der Waals surface area contributed by atoms with Gasteiger partial charge in [0.25, 0.3) is 0 Å². The number of nitrogens with two attached hydrogens (primary N) is 4. The molecule has 0 aliphatic rings. The molecule has 20 nitrogen and oxygen atoms in total. The molecule has 4 aromatic carbocycles. The molecule has 14 N–H and O–H groups in total. The minimum atomic E-state index is -4.07. The van der Waals surface area contributed by atoms with Gasteiger partial charge in [0.2, 0.25) is 49.6 Å². The van der Waals surface area contributed by atoms with Crippen molar-refractivity contribution in [3.8, 4) is 0 Å². The van der Waals surface area contributed by atoms with E-state index in [1.807, 2.05) is 13.8 Å². The number of aliphatic hydroxyl groups is 2. The van der Waals surface area contributed by atoms with Crippen molar-refractivity contribution in [2.24, 2.45) is 22.9 Å². The van der Waals surface area contributed by atoms with Crippen molar-refractivity contribution in [2.45, 2.75) is 169 Å². The number of benzene rings is 4. The Morgan fingerprint density at radius 1 is 0.488 bits per heavy atom. The van der Waals surface area contributed by atoms with Crippen LogP contribution in [0, 0.1) is 13.8 Å². The van der Waals surface area contributed by atoms with Gasteiger partial charge in [-0.3, -0.25) is 28.8 Å². The zero-order valence-corrected chi connectivity index (χ0v) is 43.1. The van der Waals surface area contributed by atoms with Crippen LogP contribution in [0.3, 0.4) is 0 Å². The topological polar surface area (TPSA) is 363 Å². The molecule has 0 aromatic heterocycles. The van der Waals surface area contributed by atoms with Gasteiger partial charge in [0, 0.05) is 25.3 Å². The molecule has 468 valence electrons. The third-order valence-electron chi connectivity index (χ3n) is 11.0. The van der Waals surface area contributed by atoms with Crippen LogP contribution in [0.5, 0.6) is 0 Å². The van der Waals surface area contributed by atoms with Crippen LogP contribution < -0.4 is 43.0 Å². The molecule has 0 saturated heterocycles. The van der Waals surface area contributed by atoms with Gasteiger partial charge in [0.15, 0.2) is 5.78 Å². The minimum Gasteiger partial charge on any atom is -0.389 e. The van der Waals surface area contributed by atoms with E-state index in [2.05, 4.69) is 20.1 Å². The molecule has 5 amide bonds. The number of hydrogen-bond donors (Lipinski definition) is 10. The van der Waals surface area contributed by atoms with Crippen LogP contribution in [0.2, 0.25) is 0 Å². The number of alkyl halides is 3. The molecule has 0 saturated carbocycles. The fraction of sp³-hybridized carbons (Fsp3) is 0.474. The summed E-state index contributed by atoms with van der Waals surface area (Å²) in [6, 6.07) is 24.0. The number of carbonyl (C=O) groups excluding carboxylic acids is 6. The van der Waals surface area contributed by atoms with Crippen LogP contribution in [0.1, 0.15) is 113 Å². The molecule has 0 fully saturated rings. The summed E-state index contributed by atoms with van der Waals surface area (Å²) in [6.07, 6.45) is -3.13. The Labute approximate surface area is 486 Å². The van der Waals surface area contributed by atoms with Crippen molar-refractivity contribution in [3.05, 3.63) is 131 Å². The van der Waals surface area contributed by atoms with Crippen molar-refractivity contribution in [1.29, 1.82) is 0 Å². The Kier molecular flexibility index (Phi) is 46.5. The van der Waals surface area contributed by atoms with Crippen molar-refractivity contribution >= 4 is 55.4 Å². The van der Waals surface area contributed by atoms with E-state index in [4.69, 9.17) is 28.0 Å². The first-order chi connectivity index (χ1) is 35.3. The number of aliphatic hydroxyl groups excluding tert-OH is 2. The number of hydrogen-bond acceptors (Lipinski definition) is 13. The highest BCUT2D eigenvalue weighted by molar-refractivity contribution is 7.89. The maximum atomic E-state index is 13.1. The molecule has 0 aliphatic heterocycles. The highest BCUT2D eigenvalue weighted by atomic mass is 32.2. The van der Waals surface area contributed by atoms with Crippen LogP contribution in [0.25, 0.3) is 0 Å². The number of halogens is 3. The zero-order valence-electron chi connectivity index (χ0n) is 41.4. The van der Waals surface area contributed by atoms with Gasteiger partial charge in [-0.1, -0.05) is 148 Å². The number of Topliss-reactive ketones (excluding diaryl/α,β-unsaturated/α-hetero) is 1. The lowest BCUT2D eigenvalue weighted by Crippen LogP contribution is -2.53. The second kappa shape index (κ2) is 44.0. The lowest BCUT2D eigenvalue weighted by atomic mass is 10.0. The molecule has 25 heteroatoms. The lowest BCUT2D eigenvalue weighted by molar-refractivity contribution is -0.129. The van der Waals surface area contributed by atoms with E-state index in [-0.39, 0.29) is 113 Å². The summed E-state index contributed by atoms with van der Waals surface area (Å²) in [5.74, 6) is -4.38. The Hall–Kier alpha value is -6.61. The van der Waals surface area contributed by atoms with Gasteiger partial charge >= 0.3 is 0 Å². The van der Waals surface area contributed by atoms with Gasteiger partial charge in [-0.15, -0.1) is 0 Å². The number of rotatable bonds is 29. The molecule has 4 aromatic rings. The maximum Gasteiger partial charge on any atom is 0.241 e. The third-order valence-corrected chi connectivity index (χ3v) is 14.0. The smallest absolute Gasteiger partial charge is 0.241 e. The van der Waals surface area contributed by atoms with Crippen molar-refractivity contribution in [2.75, 3.05) is 20.0 Å². The average Bonchev–Trinajstić information content (AvgIpc) is 3.37. The fourth-order valence-electron chi connectivity index (χ4n) is 6.65. The quantitative estimate of drug-likeness (QED) is 0.0321. The third kappa shape index (κ3) is 32.7. The monoisotopic (exact) mass is 1200 g/mol. The normalized spacial score (nSPS) is 12.9. The van der Waals surface area contributed by atoms with Crippen LogP contribution in [-0.4, -0.2) is 125 Å². The molecular weight excluding hydrogens is 1110 g/mol. The van der Waals surface area contributed by atoms with Crippen molar-refractivity contribution in [1.82, 2.24) is 20.1 Å². The summed E-state index contributed by atoms with van der Waals surface area (Å²) >= 11 is 0. The molecule has 0 bridgehead atoms. The number of nitrogens with one attached hydrogen (secondary N) is 4. The highest BCUT2D eigenvalue weighted by Crippen LogP contribution is 2.16. The molecular formula is C57H95F3N8O12S2. The molecule has 5 unspecified atom stereocenters. The number of sulfonamides is 2. The molecule has 0 spiro atoms. The summed E-state index contributed by atoms with van der Waals surface area (Å²) in [6.45, 7) is 0.242. The fourth-order valence-corrected chi connectivity index (χ4v) is 9.04.